The predicted molar refractivity (Wildman–Crippen MR) is 49.3 cm³/mol. The fourth-order valence-corrected chi connectivity index (χ4v) is 1.58. The summed E-state index contributed by atoms with van der Waals surface area (Å²) in [6, 6.07) is 0.419. The van der Waals surface area contributed by atoms with E-state index in [-0.39, 0.29) is 0 Å². The minimum Gasteiger partial charge on any atom is -0.327 e. The molecule has 1 aliphatic rings. The van der Waals surface area contributed by atoms with Gasteiger partial charge >= 0.3 is 0 Å². The predicted octanol–water partition coefficient (Wildman–Crippen LogP) is 2.41. The molecule has 1 nitrogen and oxygen atoms in total. The second-order valence-corrected chi connectivity index (χ2v) is 4.78. The minimum absolute atomic E-state index is 0.419. The molecule has 1 aliphatic carbocycles. The van der Waals surface area contributed by atoms with Crippen LogP contribution in [-0.2, 0) is 0 Å². The maximum absolute atomic E-state index is 6.16. The molecule has 1 rings (SSSR count). The molecule has 0 saturated heterocycles. The van der Waals surface area contributed by atoms with Crippen LogP contribution in [-0.4, -0.2) is 6.04 Å². The van der Waals surface area contributed by atoms with E-state index in [1.54, 1.807) is 0 Å². The van der Waals surface area contributed by atoms with Crippen LogP contribution in [0.5, 0.6) is 0 Å². The topological polar surface area (TPSA) is 26.0 Å². The summed E-state index contributed by atoms with van der Waals surface area (Å²) in [4.78, 5) is 0. The molecule has 0 aromatic carbocycles. The highest BCUT2D eigenvalue weighted by Gasteiger charge is 2.45. The molecule has 0 aromatic heterocycles. The zero-order valence-electron chi connectivity index (χ0n) is 8.22. The molecule has 1 heteroatoms. The van der Waals surface area contributed by atoms with Crippen molar-refractivity contribution >= 4 is 0 Å². The smallest absolute Gasteiger partial charge is 0.0121 e. The summed E-state index contributed by atoms with van der Waals surface area (Å²) < 4.78 is 0. The second-order valence-electron chi connectivity index (χ2n) is 4.78. The SMILES string of the molecule is CC(C)C(C)C(N)C1(C)CC1. The van der Waals surface area contributed by atoms with E-state index in [0.717, 1.165) is 5.92 Å². The van der Waals surface area contributed by atoms with E-state index in [1.807, 2.05) is 0 Å². The molecule has 0 aromatic rings. The molecule has 0 radical (unpaired) electrons. The molecule has 1 saturated carbocycles. The van der Waals surface area contributed by atoms with E-state index in [4.69, 9.17) is 5.73 Å². The Hall–Kier alpha value is -0.0400. The molecule has 2 atom stereocenters. The molecule has 2 N–H and O–H groups in total. The summed E-state index contributed by atoms with van der Waals surface area (Å²) in [5.74, 6) is 1.39. The highest BCUT2D eigenvalue weighted by molar-refractivity contribution is 4.99. The third-order valence-electron chi connectivity index (χ3n) is 3.46. The minimum atomic E-state index is 0.419. The highest BCUT2D eigenvalue weighted by atomic mass is 14.7. The van der Waals surface area contributed by atoms with Crippen molar-refractivity contribution in [3.8, 4) is 0 Å². The molecule has 0 bridgehead atoms. The van der Waals surface area contributed by atoms with Crippen LogP contribution in [0.4, 0.5) is 0 Å². The quantitative estimate of drug-likeness (QED) is 0.665. The van der Waals surface area contributed by atoms with Crippen LogP contribution in [0.1, 0.15) is 40.5 Å². The molecule has 0 amide bonds. The summed E-state index contributed by atoms with van der Waals surface area (Å²) >= 11 is 0. The van der Waals surface area contributed by atoms with Gasteiger partial charge < -0.3 is 5.73 Å². The Bertz CT molecular complexity index is 136. The summed E-state index contributed by atoms with van der Waals surface area (Å²) in [7, 11) is 0. The standard InChI is InChI=1S/C10H21N/c1-7(2)8(3)9(11)10(4)5-6-10/h7-9H,5-6,11H2,1-4H3. The van der Waals surface area contributed by atoms with Gasteiger partial charge in [-0.1, -0.05) is 27.7 Å². The number of hydrogen-bond donors (Lipinski definition) is 1. The number of nitrogens with two attached hydrogens (primary N) is 1. The first kappa shape index (κ1) is 9.05. The van der Waals surface area contributed by atoms with Crippen LogP contribution in [0.25, 0.3) is 0 Å². The van der Waals surface area contributed by atoms with Gasteiger partial charge in [0, 0.05) is 6.04 Å². The first-order valence-corrected chi connectivity index (χ1v) is 4.73. The Kier molecular flexibility index (Phi) is 2.29. The molecular weight excluding hydrogens is 134 g/mol. The molecule has 66 valence electrons. The third kappa shape index (κ3) is 1.76. The first-order chi connectivity index (χ1) is 4.97. The third-order valence-corrected chi connectivity index (χ3v) is 3.46. The van der Waals surface area contributed by atoms with Gasteiger partial charge in [0.05, 0.1) is 0 Å². The van der Waals surface area contributed by atoms with Crippen molar-refractivity contribution in [2.45, 2.75) is 46.6 Å². The summed E-state index contributed by atoms with van der Waals surface area (Å²) in [6.07, 6.45) is 2.68. The van der Waals surface area contributed by atoms with Crippen LogP contribution >= 0.6 is 0 Å². The van der Waals surface area contributed by atoms with E-state index in [1.165, 1.54) is 12.8 Å². The van der Waals surface area contributed by atoms with Gasteiger partial charge in [-0.3, -0.25) is 0 Å². The maximum atomic E-state index is 6.16. The average molecular weight is 155 g/mol. The first-order valence-electron chi connectivity index (χ1n) is 4.73. The van der Waals surface area contributed by atoms with Gasteiger partial charge in [0.15, 0.2) is 0 Å². The van der Waals surface area contributed by atoms with Gasteiger partial charge in [0.1, 0.15) is 0 Å². The molecule has 0 spiro atoms. The Labute approximate surface area is 70.4 Å². The van der Waals surface area contributed by atoms with E-state index in [9.17, 15) is 0 Å². The molecule has 0 heterocycles. The average Bonchev–Trinajstić information content (AvgIpc) is 2.66. The molecule has 2 unspecified atom stereocenters. The van der Waals surface area contributed by atoms with Crippen LogP contribution in [0.15, 0.2) is 0 Å². The normalized spacial score (nSPS) is 26.7. The molecule has 0 aliphatic heterocycles. The lowest BCUT2D eigenvalue weighted by atomic mass is 9.82. The molecule has 11 heavy (non-hydrogen) atoms. The fourth-order valence-electron chi connectivity index (χ4n) is 1.58. The monoisotopic (exact) mass is 155 g/mol. The van der Waals surface area contributed by atoms with Crippen LogP contribution in [0.2, 0.25) is 0 Å². The van der Waals surface area contributed by atoms with Gasteiger partial charge in [-0.15, -0.1) is 0 Å². The Morgan fingerprint density at radius 1 is 1.18 bits per heavy atom. The molecule has 1 fully saturated rings. The molecular formula is C10H21N. The summed E-state index contributed by atoms with van der Waals surface area (Å²) in [6.45, 7) is 9.11. The van der Waals surface area contributed by atoms with Crippen LogP contribution < -0.4 is 5.73 Å². The van der Waals surface area contributed by atoms with E-state index in [0.29, 0.717) is 17.4 Å². The fraction of sp³-hybridized carbons (Fsp3) is 1.00. The number of hydrogen-bond acceptors (Lipinski definition) is 1. The Balaban J connectivity index is 2.46. The number of rotatable bonds is 3. The van der Waals surface area contributed by atoms with Crippen molar-refractivity contribution in [3.05, 3.63) is 0 Å². The van der Waals surface area contributed by atoms with Crippen LogP contribution in [0.3, 0.4) is 0 Å². The Morgan fingerprint density at radius 2 is 1.64 bits per heavy atom. The highest BCUT2D eigenvalue weighted by Crippen LogP contribution is 2.50. The van der Waals surface area contributed by atoms with E-state index < -0.39 is 0 Å². The van der Waals surface area contributed by atoms with Gasteiger partial charge in [-0.05, 0) is 30.1 Å². The lowest BCUT2D eigenvalue weighted by molar-refractivity contribution is 0.264. The largest absolute Gasteiger partial charge is 0.327 e. The zero-order chi connectivity index (χ0) is 8.65. The Morgan fingerprint density at radius 3 is 1.91 bits per heavy atom. The summed E-state index contributed by atoms with van der Waals surface area (Å²) in [5, 5.41) is 0. The van der Waals surface area contributed by atoms with Gasteiger partial charge in [0.2, 0.25) is 0 Å². The van der Waals surface area contributed by atoms with Gasteiger partial charge in [-0.25, -0.2) is 0 Å². The van der Waals surface area contributed by atoms with Gasteiger partial charge in [0.25, 0.3) is 0 Å². The zero-order valence-corrected chi connectivity index (χ0v) is 8.22. The van der Waals surface area contributed by atoms with Crippen molar-refractivity contribution in [2.24, 2.45) is 23.0 Å². The van der Waals surface area contributed by atoms with Crippen molar-refractivity contribution < 1.29 is 0 Å². The van der Waals surface area contributed by atoms with Crippen molar-refractivity contribution in [1.29, 1.82) is 0 Å². The lowest BCUT2D eigenvalue weighted by Gasteiger charge is -2.28. The van der Waals surface area contributed by atoms with E-state index >= 15 is 0 Å². The van der Waals surface area contributed by atoms with Crippen molar-refractivity contribution in [2.75, 3.05) is 0 Å². The lowest BCUT2D eigenvalue weighted by Crippen LogP contribution is -2.38. The van der Waals surface area contributed by atoms with E-state index in [2.05, 4.69) is 27.7 Å². The summed E-state index contributed by atoms with van der Waals surface area (Å²) in [5.41, 5.74) is 6.65. The maximum Gasteiger partial charge on any atom is 0.0121 e. The van der Waals surface area contributed by atoms with Crippen LogP contribution in [0, 0.1) is 17.3 Å². The van der Waals surface area contributed by atoms with Gasteiger partial charge in [-0.2, -0.15) is 0 Å². The second kappa shape index (κ2) is 2.78. The van der Waals surface area contributed by atoms with Crippen molar-refractivity contribution in [1.82, 2.24) is 0 Å². The van der Waals surface area contributed by atoms with Crippen molar-refractivity contribution in [3.63, 3.8) is 0 Å².